The zero-order chi connectivity index (χ0) is 11.6. The van der Waals surface area contributed by atoms with Crippen molar-refractivity contribution in [2.24, 2.45) is 0 Å². The van der Waals surface area contributed by atoms with E-state index < -0.39 is 5.60 Å². The van der Waals surface area contributed by atoms with Gasteiger partial charge in [0, 0.05) is 23.8 Å². The zero-order valence-corrected chi connectivity index (χ0v) is 10.9. The molecule has 0 unspecified atom stereocenters. The highest BCUT2D eigenvalue weighted by atomic mass is 79.9. The normalized spacial score (nSPS) is 11.5. The minimum absolute atomic E-state index is 0.565. The summed E-state index contributed by atoms with van der Waals surface area (Å²) in [6.07, 6.45) is 0. The lowest BCUT2D eigenvalue weighted by Gasteiger charge is -2.28. The van der Waals surface area contributed by atoms with Crippen molar-refractivity contribution >= 4 is 27.3 Å². The molecule has 0 aliphatic rings. The van der Waals surface area contributed by atoms with Gasteiger partial charge in [0.2, 0.25) is 0 Å². The lowest BCUT2D eigenvalue weighted by molar-refractivity contribution is 0.0886. The number of anilines is 2. The topological polar surface area (TPSA) is 49.5 Å². The lowest BCUT2D eigenvalue weighted by Crippen LogP contribution is -2.36. The van der Waals surface area contributed by atoms with Gasteiger partial charge in [-0.1, -0.05) is 0 Å². The number of nitrogen functional groups attached to an aromatic ring is 1. The van der Waals surface area contributed by atoms with Gasteiger partial charge in [0.25, 0.3) is 0 Å². The molecule has 0 fully saturated rings. The number of hydrogen-bond donors (Lipinski definition) is 2. The van der Waals surface area contributed by atoms with Crippen molar-refractivity contribution in [1.29, 1.82) is 0 Å². The van der Waals surface area contributed by atoms with E-state index in [-0.39, 0.29) is 0 Å². The molecule has 0 aliphatic carbocycles. The Labute approximate surface area is 99.0 Å². The monoisotopic (exact) mass is 272 g/mol. The number of halogens is 1. The van der Waals surface area contributed by atoms with E-state index in [9.17, 15) is 5.11 Å². The Morgan fingerprint density at radius 1 is 1.47 bits per heavy atom. The largest absolute Gasteiger partial charge is 0.399 e. The average Bonchev–Trinajstić information content (AvgIpc) is 1.99. The number of likely N-dealkylation sites (N-methyl/N-ethyl adjacent to an activating group) is 1. The molecule has 0 heterocycles. The highest BCUT2D eigenvalue weighted by Gasteiger charge is 2.17. The van der Waals surface area contributed by atoms with Gasteiger partial charge in [-0.3, -0.25) is 0 Å². The molecule has 1 rings (SSSR count). The molecule has 0 aliphatic heterocycles. The summed E-state index contributed by atoms with van der Waals surface area (Å²) in [4.78, 5) is 1.99. The van der Waals surface area contributed by atoms with Crippen LogP contribution in [-0.2, 0) is 0 Å². The Hall–Kier alpha value is -0.740. The van der Waals surface area contributed by atoms with Crippen LogP contribution in [0.3, 0.4) is 0 Å². The summed E-state index contributed by atoms with van der Waals surface area (Å²) >= 11 is 3.45. The first-order chi connectivity index (χ1) is 6.79. The molecule has 1 aromatic carbocycles. The van der Waals surface area contributed by atoms with E-state index in [0.29, 0.717) is 6.54 Å². The summed E-state index contributed by atoms with van der Waals surface area (Å²) in [5.74, 6) is 0. The number of nitrogens with zero attached hydrogens (tertiary/aromatic N) is 1. The number of benzene rings is 1. The predicted octanol–water partition coefficient (Wildman–Crippen LogP) is 2.24. The lowest BCUT2D eigenvalue weighted by atomic mass is 10.1. The number of hydrogen-bond acceptors (Lipinski definition) is 3. The van der Waals surface area contributed by atoms with Crippen molar-refractivity contribution < 1.29 is 5.11 Å². The Morgan fingerprint density at radius 2 is 2.07 bits per heavy atom. The van der Waals surface area contributed by atoms with E-state index in [1.807, 2.05) is 30.1 Å². The van der Waals surface area contributed by atoms with Gasteiger partial charge >= 0.3 is 0 Å². The Bertz CT molecular complexity index is 347. The molecular weight excluding hydrogens is 256 g/mol. The van der Waals surface area contributed by atoms with Crippen LogP contribution in [0.25, 0.3) is 0 Å². The molecule has 0 saturated carbocycles. The first-order valence-electron chi connectivity index (χ1n) is 4.78. The molecule has 3 nitrogen and oxygen atoms in total. The minimum Gasteiger partial charge on any atom is -0.399 e. The van der Waals surface area contributed by atoms with Crippen molar-refractivity contribution in [1.82, 2.24) is 0 Å². The van der Waals surface area contributed by atoms with Gasteiger partial charge < -0.3 is 15.7 Å². The van der Waals surface area contributed by atoms with Crippen LogP contribution in [0, 0.1) is 0 Å². The Kier molecular flexibility index (Phi) is 3.62. The molecule has 0 atom stereocenters. The maximum atomic E-state index is 9.71. The molecule has 15 heavy (non-hydrogen) atoms. The quantitative estimate of drug-likeness (QED) is 0.830. The molecular formula is C11H17BrN2O. The van der Waals surface area contributed by atoms with E-state index in [4.69, 9.17) is 5.73 Å². The second kappa shape index (κ2) is 4.41. The number of nitrogens with two attached hydrogens (primary N) is 1. The summed E-state index contributed by atoms with van der Waals surface area (Å²) in [7, 11) is 1.94. The van der Waals surface area contributed by atoms with Crippen LogP contribution in [0.2, 0.25) is 0 Å². The van der Waals surface area contributed by atoms with Gasteiger partial charge in [-0.25, -0.2) is 0 Å². The molecule has 0 aromatic heterocycles. The number of rotatable bonds is 3. The molecule has 0 bridgehead atoms. The maximum absolute atomic E-state index is 9.71. The highest BCUT2D eigenvalue weighted by molar-refractivity contribution is 9.10. The molecule has 0 spiro atoms. The van der Waals surface area contributed by atoms with Crippen LogP contribution in [0.5, 0.6) is 0 Å². The average molecular weight is 273 g/mol. The van der Waals surface area contributed by atoms with E-state index >= 15 is 0 Å². The summed E-state index contributed by atoms with van der Waals surface area (Å²) < 4.78 is 0.939. The first kappa shape index (κ1) is 12.3. The first-order valence-corrected chi connectivity index (χ1v) is 5.57. The SMILES string of the molecule is CN(CC(C)(C)O)c1ccc(N)cc1Br. The third-order valence-corrected chi connectivity index (χ3v) is 2.64. The van der Waals surface area contributed by atoms with Gasteiger partial charge in [0.05, 0.1) is 11.3 Å². The van der Waals surface area contributed by atoms with Gasteiger partial charge in [0.15, 0.2) is 0 Å². The molecule has 84 valence electrons. The standard InChI is InChI=1S/C11H17BrN2O/c1-11(2,15)7-14(3)10-5-4-8(13)6-9(10)12/h4-6,15H,7,13H2,1-3H3. The summed E-state index contributed by atoms with van der Waals surface area (Å²) in [5, 5.41) is 9.71. The van der Waals surface area contributed by atoms with Crippen LogP contribution in [0.15, 0.2) is 22.7 Å². The van der Waals surface area contributed by atoms with Crippen molar-refractivity contribution in [3.05, 3.63) is 22.7 Å². The second-order valence-corrected chi connectivity index (χ2v) is 5.23. The molecule has 0 radical (unpaired) electrons. The third kappa shape index (κ3) is 3.72. The van der Waals surface area contributed by atoms with Crippen LogP contribution in [0.4, 0.5) is 11.4 Å². The van der Waals surface area contributed by atoms with E-state index in [0.717, 1.165) is 15.8 Å². The van der Waals surface area contributed by atoms with E-state index in [1.54, 1.807) is 13.8 Å². The van der Waals surface area contributed by atoms with Crippen molar-refractivity contribution in [3.8, 4) is 0 Å². The van der Waals surface area contributed by atoms with Crippen molar-refractivity contribution in [3.63, 3.8) is 0 Å². The molecule has 0 saturated heterocycles. The fraction of sp³-hybridized carbons (Fsp3) is 0.455. The fourth-order valence-corrected chi connectivity index (χ4v) is 2.20. The van der Waals surface area contributed by atoms with Crippen molar-refractivity contribution in [2.75, 3.05) is 24.2 Å². The van der Waals surface area contributed by atoms with Crippen LogP contribution in [0.1, 0.15) is 13.8 Å². The molecule has 4 heteroatoms. The van der Waals surface area contributed by atoms with Crippen LogP contribution < -0.4 is 10.6 Å². The summed E-state index contributed by atoms with van der Waals surface area (Å²) in [6, 6.07) is 5.64. The molecule has 3 N–H and O–H groups in total. The van der Waals surface area contributed by atoms with Gasteiger partial charge in [-0.05, 0) is 48.0 Å². The molecule has 0 amide bonds. The van der Waals surface area contributed by atoms with Crippen LogP contribution in [-0.4, -0.2) is 24.3 Å². The van der Waals surface area contributed by atoms with Crippen LogP contribution >= 0.6 is 15.9 Å². The summed E-state index contributed by atoms with van der Waals surface area (Å²) in [5.41, 5.74) is 6.69. The van der Waals surface area contributed by atoms with Crippen molar-refractivity contribution in [2.45, 2.75) is 19.4 Å². The second-order valence-electron chi connectivity index (χ2n) is 4.38. The fourth-order valence-electron chi connectivity index (χ4n) is 1.50. The van der Waals surface area contributed by atoms with E-state index in [1.165, 1.54) is 0 Å². The van der Waals surface area contributed by atoms with Gasteiger partial charge in [0.1, 0.15) is 0 Å². The highest BCUT2D eigenvalue weighted by Crippen LogP contribution is 2.28. The number of aliphatic hydroxyl groups is 1. The maximum Gasteiger partial charge on any atom is 0.0765 e. The third-order valence-electron chi connectivity index (χ3n) is 2.01. The minimum atomic E-state index is -0.713. The predicted molar refractivity (Wildman–Crippen MR) is 68.1 cm³/mol. The zero-order valence-electron chi connectivity index (χ0n) is 9.29. The molecule has 1 aromatic rings. The smallest absolute Gasteiger partial charge is 0.0765 e. The van der Waals surface area contributed by atoms with Gasteiger partial charge in [-0.15, -0.1) is 0 Å². The Morgan fingerprint density at radius 3 is 2.53 bits per heavy atom. The Balaban J connectivity index is 2.87. The van der Waals surface area contributed by atoms with Gasteiger partial charge in [-0.2, -0.15) is 0 Å². The summed E-state index contributed by atoms with van der Waals surface area (Å²) in [6.45, 7) is 4.14. The van der Waals surface area contributed by atoms with E-state index in [2.05, 4.69) is 15.9 Å².